The molecule has 0 aliphatic carbocycles. The van der Waals surface area contributed by atoms with Gasteiger partial charge in [0.05, 0.1) is 0 Å². The maximum Gasteiger partial charge on any atom is 1.00 e. The van der Waals surface area contributed by atoms with E-state index in [-0.39, 0.29) is 154 Å². The van der Waals surface area contributed by atoms with Gasteiger partial charge >= 0.3 is 61.8 Å². The number of hydrogen-bond acceptors (Lipinski definition) is 5. The first-order chi connectivity index (χ1) is 4.00. The standard InChI is InChI=1S/3K.2H2O4S/c;;;2*1-5(2,3)4/h;;;2*(H2,1,2,3,4)/q;;+1;;/p-1. The van der Waals surface area contributed by atoms with E-state index in [2.05, 4.69) is 0 Å². The Balaban J connectivity index is -0.0000000267. The van der Waals surface area contributed by atoms with Crippen LogP contribution in [-0.2, 0) is 20.8 Å². The molecule has 66 valence electrons. The molecule has 0 atom stereocenters. The van der Waals surface area contributed by atoms with Crippen molar-refractivity contribution >= 4 is 124 Å². The fraction of sp³-hybridized carbons (Fsp3) is 0. The molecule has 0 amide bonds. The van der Waals surface area contributed by atoms with Crippen molar-refractivity contribution in [3.05, 3.63) is 0 Å². The van der Waals surface area contributed by atoms with E-state index in [0.29, 0.717) is 0 Å². The van der Waals surface area contributed by atoms with Crippen LogP contribution in [-0.4, -0.2) is 138 Å². The van der Waals surface area contributed by atoms with Gasteiger partial charge in [-0.15, -0.1) is 0 Å². The second kappa shape index (κ2) is 14.7. The minimum atomic E-state index is -4.92. The van der Waals surface area contributed by atoms with Crippen molar-refractivity contribution in [1.29, 1.82) is 0 Å². The zero-order valence-corrected chi connectivity index (χ0v) is 18.2. The first kappa shape index (κ1) is 30.6. The summed E-state index contributed by atoms with van der Waals surface area (Å²) in [4.78, 5) is 0. The third kappa shape index (κ3) is 165. The third-order valence-electron chi connectivity index (χ3n) is 0. The summed E-state index contributed by atoms with van der Waals surface area (Å²) in [5, 5.41) is 0. The molecule has 0 saturated carbocycles. The van der Waals surface area contributed by atoms with Crippen molar-refractivity contribution in [2.45, 2.75) is 0 Å². The third-order valence-corrected chi connectivity index (χ3v) is 0. The van der Waals surface area contributed by atoms with E-state index in [4.69, 9.17) is 35.0 Å². The molecule has 8 nitrogen and oxygen atoms in total. The predicted molar refractivity (Wildman–Crippen MR) is 38.0 cm³/mol. The summed E-state index contributed by atoms with van der Waals surface area (Å²) in [6, 6.07) is 0. The first-order valence-corrected chi connectivity index (χ1v) is 4.14. The van der Waals surface area contributed by atoms with E-state index >= 15 is 0 Å². The average Bonchev–Trinajstić information content (AvgIpc) is 1.12. The second-order valence-corrected chi connectivity index (χ2v) is 2.63. The van der Waals surface area contributed by atoms with Crippen LogP contribution in [0.3, 0.4) is 0 Å². The molecule has 13 heteroatoms. The Morgan fingerprint density at radius 2 is 0.846 bits per heavy atom. The van der Waals surface area contributed by atoms with E-state index in [0.717, 1.165) is 0 Å². The van der Waals surface area contributed by atoms with E-state index in [9.17, 15) is 0 Å². The van der Waals surface area contributed by atoms with Crippen LogP contribution in [0.25, 0.3) is 0 Å². The molecule has 0 saturated heterocycles. The minimum Gasteiger partial charge on any atom is -0.726 e. The number of rotatable bonds is 0. The summed E-state index contributed by atoms with van der Waals surface area (Å²) in [6.07, 6.45) is 0. The van der Waals surface area contributed by atoms with Gasteiger partial charge in [-0.3, -0.25) is 13.7 Å². The van der Waals surface area contributed by atoms with Gasteiger partial charge in [-0.2, -0.15) is 8.42 Å². The normalized spacial score (nSPS) is 8.92. The average molecular weight is 312 g/mol. The van der Waals surface area contributed by atoms with Crippen molar-refractivity contribution < 1.29 is 86.4 Å². The van der Waals surface area contributed by atoms with Crippen molar-refractivity contribution in [3.8, 4) is 0 Å². The maximum atomic E-state index is 8.74. The molecule has 13 heavy (non-hydrogen) atoms. The summed E-state index contributed by atoms with van der Waals surface area (Å²) < 4.78 is 64.4. The summed E-state index contributed by atoms with van der Waals surface area (Å²) in [5.41, 5.74) is 0. The van der Waals surface area contributed by atoms with Gasteiger partial charge in [0.25, 0.3) is 0 Å². The van der Waals surface area contributed by atoms with E-state index in [1.165, 1.54) is 0 Å². The van der Waals surface area contributed by atoms with Crippen molar-refractivity contribution in [2.75, 3.05) is 0 Å². The second-order valence-electron chi connectivity index (χ2n) is 0.876. The van der Waals surface area contributed by atoms with E-state index < -0.39 is 20.8 Å². The van der Waals surface area contributed by atoms with Crippen LogP contribution in [0.5, 0.6) is 0 Å². The molecule has 0 aromatic rings. The molecule has 0 aliphatic heterocycles. The molecule has 0 bridgehead atoms. The first-order valence-electron chi connectivity index (χ1n) is 1.38. The van der Waals surface area contributed by atoms with Crippen LogP contribution in [0.15, 0.2) is 0 Å². The topological polar surface area (TPSA) is 152 Å². The van der Waals surface area contributed by atoms with Gasteiger partial charge in [0.1, 0.15) is 0 Å². The number of hydrogen-bond donors (Lipinski definition) is 3. The molecular weight excluding hydrogens is 309 g/mol. The van der Waals surface area contributed by atoms with Crippen molar-refractivity contribution in [1.82, 2.24) is 0 Å². The van der Waals surface area contributed by atoms with Crippen molar-refractivity contribution in [2.24, 2.45) is 0 Å². The van der Waals surface area contributed by atoms with E-state index in [1.807, 2.05) is 0 Å². The summed E-state index contributed by atoms with van der Waals surface area (Å²) in [7, 11) is -9.58. The molecule has 0 rings (SSSR count). The Morgan fingerprint density at radius 3 is 0.846 bits per heavy atom. The van der Waals surface area contributed by atoms with Crippen LogP contribution in [0.4, 0.5) is 0 Å². The van der Waals surface area contributed by atoms with Gasteiger partial charge in [-0.1, -0.05) is 0 Å². The SMILES string of the molecule is O=S(=O)(O)O.O=S(=O)([O-])O.[K+].[K].[K]. The Bertz CT molecular complexity index is 214. The zero-order chi connectivity index (χ0) is 9.00. The molecule has 3 N–H and O–H groups in total. The largest absolute Gasteiger partial charge is 1.00 e. The van der Waals surface area contributed by atoms with Gasteiger partial charge in [0.2, 0.25) is 10.4 Å². The summed E-state index contributed by atoms with van der Waals surface area (Å²) >= 11 is 0. The smallest absolute Gasteiger partial charge is 0.726 e. The van der Waals surface area contributed by atoms with Crippen LogP contribution in [0, 0.1) is 0 Å². The van der Waals surface area contributed by atoms with Crippen molar-refractivity contribution in [3.63, 3.8) is 0 Å². The molecule has 2 radical (unpaired) electrons. The molecule has 0 fully saturated rings. The summed E-state index contributed by atoms with van der Waals surface area (Å²) in [5.74, 6) is 0. The quantitative estimate of drug-likeness (QED) is 0.228. The van der Waals surface area contributed by atoms with Gasteiger partial charge < -0.3 is 4.55 Å². The Kier molecular flexibility index (Phi) is 34.6. The Hall–Kier alpha value is 4.65. The molecule has 0 spiro atoms. The van der Waals surface area contributed by atoms with Gasteiger partial charge in [0.15, 0.2) is 0 Å². The minimum absolute atomic E-state index is 0. The fourth-order valence-corrected chi connectivity index (χ4v) is 0. The zero-order valence-electron chi connectivity index (χ0n) is 7.20. The van der Waals surface area contributed by atoms with Gasteiger partial charge in [-0.25, -0.2) is 8.42 Å². The molecule has 0 aliphatic rings. The van der Waals surface area contributed by atoms with Crippen LogP contribution in [0.1, 0.15) is 0 Å². The van der Waals surface area contributed by atoms with E-state index in [1.54, 1.807) is 0 Å². The Morgan fingerprint density at radius 1 is 0.846 bits per heavy atom. The maximum absolute atomic E-state index is 8.74. The Labute approximate surface area is 203 Å². The van der Waals surface area contributed by atoms with Crippen LogP contribution >= 0.6 is 0 Å². The van der Waals surface area contributed by atoms with Crippen LogP contribution < -0.4 is 51.4 Å². The van der Waals surface area contributed by atoms with Gasteiger partial charge in [0, 0.05) is 103 Å². The van der Waals surface area contributed by atoms with Crippen LogP contribution in [0.2, 0.25) is 0 Å². The molecule has 0 aromatic heterocycles. The monoisotopic (exact) mass is 312 g/mol. The fourth-order valence-electron chi connectivity index (χ4n) is 0. The van der Waals surface area contributed by atoms with Gasteiger partial charge in [-0.05, 0) is 0 Å². The predicted octanol–water partition coefficient (Wildman–Crippen LogP) is -5.41. The molecular formula is H3K3O8S2. The molecule has 0 unspecified atom stereocenters. The summed E-state index contributed by atoms with van der Waals surface area (Å²) in [6.45, 7) is 0. The molecule has 0 aromatic carbocycles. The molecule has 0 heterocycles.